The second-order valence-electron chi connectivity index (χ2n) is 5.48. The number of nitro groups is 1. The van der Waals surface area contributed by atoms with Gasteiger partial charge >= 0.3 is 0 Å². The summed E-state index contributed by atoms with van der Waals surface area (Å²) in [5.74, 6) is 1.04. The van der Waals surface area contributed by atoms with Gasteiger partial charge in [0, 0.05) is 18.7 Å². The molecule has 0 aliphatic heterocycles. The van der Waals surface area contributed by atoms with Crippen LogP contribution in [0.5, 0.6) is 11.5 Å². The van der Waals surface area contributed by atoms with E-state index in [9.17, 15) is 10.1 Å². The van der Waals surface area contributed by atoms with Crippen molar-refractivity contribution in [1.29, 1.82) is 0 Å². The lowest BCUT2D eigenvalue weighted by Crippen LogP contribution is -2.31. The number of thiocarbonyl (C=S) groups is 1. The molecular weight excluding hydrogens is 448 g/mol. The number of non-ortho nitro benzene ring substituents is 1. The Kier molecular flexibility index (Phi) is 8.15. The van der Waals surface area contributed by atoms with Crippen molar-refractivity contribution in [2.75, 3.05) is 13.7 Å². The second kappa shape index (κ2) is 10.6. The van der Waals surface area contributed by atoms with Gasteiger partial charge in [-0.1, -0.05) is 0 Å². The zero-order chi connectivity index (χ0) is 20.5. The number of rotatable bonds is 8. The molecule has 0 aliphatic carbocycles. The fraction of sp³-hybridized carbons (Fsp3) is 0.222. The Morgan fingerprint density at radius 1 is 1.36 bits per heavy atom. The zero-order valence-corrected chi connectivity index (χ0v) is 17.7. The highest BCUT2D eigenvalue weighted by Gasteiger charge is 2.12. The molecule has 28 heavy (non-hydrogen) atoms. The van der Waals surface area contributed by atoms with Crippen LogP contribution >= 0.6 is 28.1 Å². The number of hydrazone groups is 1. The zero-order valence-electron chi connectivity index (χ0n) is 15.3. The molecule has 2 rings (SSSR count). The third kappa shape index (κ3) is 6.17. The van der Waals surface area contributed by atoms with Crippen LogP contribution in [0.15, 0.2) is 46.0 Å². The smallest absolute Gasteiger partial charge is 0.269 e. The van der Waals surface area contributed by atoms with E-state index < -0.39 is 4.92 Å². The van der Waals surface area contributed by atoms with E-state index in [1.807, 2.05) is 13.0 Å². The van der Waals surface area contributed by atoms with Gasteiger partial charge in [0.25, 0.3) is 5.69 Å². The topological polar surface area (TPSA) is 98.0 Å². The van der Waals surface area contributed by atoms with Crippen molar-refractivity contribution in [3.63, 3.8) is 0 Å². The first-order chi connectivity index (χ1) is 13.4. The van der Waals surface area contributed by atoms with Gasteiger partial charge in [-0.3, -0.25) is 15.5 Å². The molecule has 10 heteroatoms. The summed E-state index contributed by atoms with van der Waals surface area (Å²) >= 11 is 8.51. The summed E-state index contributed by atoms with van der Waals surface area (Å²) in [7, 11) is 1.54. The predicted molar refractivity (Wildman–Crippen MR) is 115 cm³/mol. The van der Waals surface area contributed by atoms with Crippen LogP contribution in [-0.4, -0.2) is 29.9 Å². The Labute approximate surface area is 176 Å². The maximum Gasteiger partial charge on any atom is 0.269 e. The van der Waals surface area contributed by atoms with Gasteiger partial charge in [0.05, 0.1) is 22.7 Å². The molecule has 0 spiro atoms. The first-order valence-corrected chi connectivity index (χ1v) is 9.45. The third-order valence-corrected chi connectivity index (χ3v) is 4.32. The lowest BCUT2D eigenvalue weighted by Gasteiger charge is -2.13. The molecule has 0 fully saturated rings. The number of ether oxygens (including phenoxy) is 2. The molecule has 0 aliphatic rings. The summed E-state index contributed by atoms with van der Waals surface area (Å²) in [6.07, 6.45) is 1.61. The summed E-state index contributed by atoms with van der Waals surface area (Å²) in [6.45, 7) is 2.88. The largest absolute Gasteiger partial charge is 0.493 e. The quantitative estimate of drug-likeness (QED) is 0.264. The molecule has 0 saturated carbocycles. The van der Waals surface area contributed by atoms with Crippen molar-refractivity contribution in [2.45, 2.75) is 13.5 Å². The Bertz CT molecular complexity index is 875. The minimum atomic E-state index is -0.440. The average molecular weight is 467 g/mol. The van der Waals surface area contributed by atoms with Crippen molar-refractivity contribution < 1.29 is 14.4 Å². The highest BCUT2D eigenvalue weighted by molar-refractivity contribution is 9.10. The van der Waals surface area contributed by atoms with Crippen LogP contribution in [0.1, 0.15) is 18.1 Å². The maximum atomic E-state index is 10.7. The van der Waals surface area contributed by atoms with Gasteiger partial charge in [-0.25, -0.2) is 0 Å². The van der Waals surface area contributed by atoms with Gasteiger partial charge < -0.3 is 14.8 Å². The van der Waals surface area contributed by atoms with E-state index in [0.29, 0.717) is 27.6 Å². The van der Waals surface area contributed by atoms with Gasteiger partial charge in [-0.2, -0.15) is 5.10 Å². The van der Waals surface area contributed by atoms with Gasteiger partial charge in [-0.05, 0) is 70.5 Å². The molecule has 148 valence electrons. The highest BCUT2D eigenvalue weighted by Crippen LogP contribution is 2.36. The third-order valence-electron chi connectivity index (χ3n) is 3.50. The molecule has 0 amide bonds. The van der Waals surface area contributed by atoms with E-state index >= 15 is 0 Å². The standard InChI is InChI=1S/C18H19BrN4O4S/c1-3-20-18(28)22-21-10-13-8-15(19)17(16(9-13)26-2)27-11-12-4-6-14(7-5-12)23(24)25/h4-10H,3,11H2,1-2H3,(H2,20,22,28). The summed E-state index contributed by atoms with van der Waals surface area (Å²) in [4.78, 5) is 10.3. The fourth-order valence-electron chi connectivity index (χ4n) is 2.19. The summed E-state index contributed by atoms with van der Waals surface area (Å²) < 4.78 is 11.9. The van der Waals surface area contributed by atoms with Gasteiger partial charge in [0.2, 0.25) is 0 Å². The Morgan fingerprint density at radius 3 is 2.68 bits per heavy atom. The number of hydrogen-bond donors (Lipinski definition) is 2. The highest BCUT2D eigenvalue weighted by atomic mass is 79.9. The molecule has 2 N–H and O–H groups in total. The van der Waals surface area contributed by atoms with Crippen LogP contribution in [0.3, 0.4) is 0 Å². The molecule has 2 aromatic carbocycles. The second-order valence-corrected chi connectivity index (χ2v) is 6.74. The molecule has 2 aromatic rings. The fourth-order valence-corrected chi connectivity index (χ4v) is 2.96. The Balaban J connectivity index is 2.09. The lowest BCUT2D eigenvalue weighted by molar-refractivity contribution is -0.384. The molecule has 0 radical (unpaired) electrons. The van der Waals surface area contributed by atoms with E-state index in [-0.39, 0.29) is 12.3 Å². The Hall–Kier alpha value is -2.72. The number of hydrogen-bond acceptors (Lipinski definition) is 6. The average Bonchev–Trinajstić information content (AvgIpc) is 2.67. The van der Waals surface area contributed by atoms with Crippen LogP contribution in [0.2, 0.25) is 0 Å². The number of nitrogens with zero attached hydrogens (tertiary/aromatic N) is 2. The number of halogens is 1. The normalized spacial score (nSPS) is 10.5. The molecule has 0 atom stereocenters. The van der Waals surface area contributed by atoms with Crippen molar-refractivity contribution in [1.82, 2.24) is 10.7 Å². The molecule has 0 aromatic heterocycles. The van der Waals surface area contributed by atoms with E-state index in [2.05, 4.69) is 31.8 Å². The molecule has 0 heterocycles. The molecule has 8 nitrogen and oxygen atoms in total. The molecule has 0 bridgehead atoms. The first-order valence-electron chi connectivity index (χ1n) is 8.25. The minimum Gasteiger partial charge on any atom is -0.493 e. The monoisotopic (exact) mass is 466 g/mol. The summed E-state index contributed by atoms with van der Waals surface area (Å²) in [5.41, 5.74) is 4.33. The minimum absolute atomic E-state index is 0.0355. The number of nitrogens with one attached hydrogen (secondary N) is 2. The van der Waals surface area contributed by atoms with Crippen LogP contribution in [0.25, 0.3) is 0 Å². The molecule has 0 saturated heterocycles. The maximum absolute atomic E-state index is 10.7. The van der Waals surface area contributed by atoms with Crippen LogP contribution in [0.4, 0.5) is 5.69 Å². The van der Waals surface area contributed by atoms with Crippen molar-refractivity contribution in [2.24, 2.45) is 5.10 Å². The van der Waals surface area contributed by atoms with E-state index in [4.69, 9.17) is 21.7 Å². The predicted octanol–water partition coefficient (Wildman–Crippen LogP) is 3.76. The van der Waals surface area contributed by atoms with Crippen LogP contribution in [0, 0.1) is 10.1 Å². The summed E-state index contributed by atoms with van der Waals surface area (Å²) in [5, 5.41) is 18.2. The number of methoxy groups -OCH3 is 1. The van der Waals surface area contributed by atoms with E-state index in [1.54, 1.807) is 31.5 Å². The van der Waals surface area contributed by atoms with Crippen LogP contribution < -0.4 is 20.2 Å². The van der Waals surface area contributed by atoms with Crippen molar-refractivity contribution >= 4 is 45.2 Å². The van der Waals surface area contributed by atoms with Crippen molar-refractivity contribution in [3.05, 3.63) is 62.1 Å². The van der Waals surface area contributed by atoms with Gasteiger partial charge in [0.1, 0.15) is 6.61 Å². The Morgan fingerprint density at radius 2 is 2.07 bits per heavy atom. The summed E-state index contributed by atoms with van der Waals surface area (Å²) in [6, 6.07) is 9.79. The van der Waals surface area contributed by atoms with Crippen LogP contribution in [-0.2, 0) is 6.61 Å². The number of nitro benzene ring substituents is 1. The van der Waals surface area contributed by atoms with Crippen molar-refractivity contribution in [3.8, 4) is 11.5 Å². The van der Waals surface area contributed by atoms with Gasteiger partial charge in [-0.15, -0.1) is 0 Å². The van der Waals surface area contributed by atoms with E-state index in [0.717, 1.165) is 11.1 Å². The van der Waals surface area contributed by atoms with Gasteiger partial charge in [0.15, 0.2) is 16.6 Å². The van der Waals surface area contributed by atoms with E-state index in [1.165, 1.54) is 12.1 Å². The SMILES string of the molecule is CCNC(=S)NN=Cc1cc(Br)c(OCc2ccc([N+](=O)[O-])cc2)c(OC)c1. The molecular formula is C18H19BrN4O4S. The first kappa shape index (κ1) is 21.6. The lowest BCUT2D eigenvalue weighted by atomic mass is 10.2. The number of benzene rings is 2. The molecule has 0 unspecified atom stereocenters.